The Labute approximate surface area is 175 Å². The van der Waals surface area contributed by atoms with Gasteiger partial charge in [0.05, 0.1) is 29.2 Å². The number of hydrogen-bond donors (Lipinski definition) is 4. The molecule has 1 aromatic heterocycles. The van der Waals surface area contributed by atoms with E-state index < -0.39 is 0 Å². The van der Waals surface area contributed by atoms with E-state index in [2.05, 4.69) is 39.8 Å². The third-order valence-corrected chi connectivity index (χ3v) is 7.27. The lowest BCUT2D eigenvalue weighted by Crippen LogP contribution is -2.36. The molecule has 1 aromatic carbocycles. The summed E-state index contributed by atoms with van der Waals surface area (Å²) in [6.45, 7) is 4.19. The molecule has 0 saturated carbocycles. The molecule has 7 nitrogen and oxygen atoms in total. The number of benzene rings is 1. The molecule has 3 amide bonds. The molecule has 0 unspecified atom stereocenters. The molecule has 0 spiro atoms. The number of unbranched alkanes of at least 4 members (excludes halogenated alkanes) is 1. The number of rotatable bonds is 8. The predicted molar refractivity (Wildman–Crippen MR) is 116 cm³/mol. The minimum absolute atomic E-state index is 0.0463. The van der Waals surface area contributed by atoms with E-state index in [0.717, 1.165) is 41.9 Å². The minimum Gasteiger partial charge on any atom is -0.346 e. The lowest BCUT2D eigenvalue weighted by Gasteiger charge is -2.20. The molecule has 2 fully saturated rings. The SMILES string of the molecule is CC(C)[C@H](NC(=O)CCCC[C@@H]1SC[C@@H]2NC(=O)N[C@H]21)c1nc2ccccc2[nH]1. The van der Waals surface area contributed by atoms with Crippen molar-refractivity contribution in [1.29, 1.82) is 0 Å². The van der Waals surface area contributed by atoms with Gasteiger partial charge in [0.25, 0.3) is 0 Å². The summed E-state index contributed by atoms with van der Waals surface area (Å²) in [5.74, 6) is 2.09. The lowest BCUT2D eigenvalue weighted by atomic mass is 10.0. The van der Waals surface area contributed by atoms with Crippen LogP contribution >= 0.6 is 11.8 Å². The topological polar surface area (TPSA) is 98.9 Å². The fraction of sp³-hybridized carbons (Fsp3) is 0.571. The number of aromatic nitrogens is 2. The highest BCUT2D eigenvalue weighted by Gasteiger charge is 2.42. The molecular formula is C21H29N5O2S. The van der Waals surface area contributed by atoms with Gasteiger partial charge in [-0.05, 0) is 30.9 Å². The zero-order chi connectivity index (χ0) is 20.4. The quantitative estimate of drug-likeness (QED) is 0.393. The van der Waals surface area contributed by atoms with Crippen molar-refractivity contribution in [2.75, 3.05) is 5.75 Å². The van der Waals surface area contributed by atoms with E-state index in [-0.39, 0.29) is 36.0 Å². The number of fused-ring (bicyclic) bond motifs is 2. The first-order valence-electron chi connectivity index (χ1n) is 10.4. The molecule has 156 valence electrons. The average Bonchev–Trinajstić information content (AvgIpc) is 3.37. The van der Waals surface area contributed by atoms with Crippen LogP contribution in [0.15, 0.2) is 24.3 Å². The van der Waals surface area contributed by atoms with E-state index in [9.17, 15) is 9.59 Å². The van der Waals surface area contributed by atoms with E-state index in [0.29, 0.717) is 11.7 Å². The van der Waals surface area contributed by atoms with Crippen LogP contribution in [0.25, 0.3) is 11.0 Å². The number of H-pyrrole nitrogens is 1. The number of nitrogens with one attached hydrogen (secondary N) is 4. The van der Waals surface area contributed by atoms with E-state index in [4.69, 9.17) is 0 Å². The maximum absolute atomic E-state index is 12.5. The second-order valence-electron chi connectivity index (χ2n) is 8.30. The zero-order valence-electron chi connectivity index (χ0n) is 16.9. The van der Waals surface area contributed by atoms with Crippen molar-refractivity contribution in [3.63, 3.8) is 0 Å². The van der Waals surface area contributed by atoms with Gasteiger partial charge in [0.2, 0.25) is 5.91 Å². The summed E-state index contributed by atoms with van der Waals surface area (Å²) in [4.78, 5) is 32.0. The standard InChI is InChI=1S/C21H29N5O2S/c1-12(2)18(20-22-13-7-3-4-8-14(13)23-20)25-17(27)10-6-5-9-16-19-15(11-29-16)24-21(28)26-19/h3-4,7-8,12,15-16,18-19H,5-6,9-11H2,1-2H3,(H,22,23)(H,25,27)(H2,24,26,28)/t15-,16-,18-,19+/m0/s1. The van der Waals surface area contributed by atoms with Gasteiger partial charge in [-0.1, -0.05) is 32.4 Å². The number of nitrogens with zero attached hydrogens (tertiary/aromatic N) is 1. The number of carbonyl (C=O) groups is 2. The number of urea groups is 1. The highest BCUT2D eigenvalue weighted by molar-refractivity contribution is 8.00. The van der Waals surface area contributed by atoms with Crippen molar-refractivity contribution in [2.24, 2.45) is 5.92 Å². The van der Waals surface area contributed by atoms with Crippen LogP contribution in [0.3, 0.4) is 0 Å². The summed E-state index contributed by atoms with van der Waals surface area (Å²) in [6, 6.07) is 8.24. The maximum atomic E-state index is 12.5. The molecular weight excluding hydrogens is 386 g/mol. The molecule has 2 aliphatic heterocycles. The zero-order valence-corrected chi connectivity index (χ0v) is 17.7. The van der Waals surface area contributed by atoms with Crippen LogP contribution in [0.1, 0.15) is 51.4 Å². The number of hydrogen-bond acceptors (Lipinski definition) is 4. The second-order valence-corrected chi connectivity index (χ2v) is 9.57. The van der Waals surface area contributed by atoms with Gasteiger partial charge in [-0.3, -0.25) is 4.79 Å². The Morgan fingerprint density at radius 1 is 1.28 bits per heavy atom. The number of imidazole rings is 1. The van der Waals surface area contributed by atoms with Gasteiger partial charge in [0, 0.05) is 17.4 Å². The summed E-state index contributed by atoms with van der Waals surface area (Å²) in [6.07, 6.45) is 3.38. The molecule has 8 heteroatoms. The fourth-order valence-corrected chi connectivity index (χ4v) is 5.73. The molecule has 0 aliphatic carbocycles. The Morgan fingerprint density at radius 3 is 2.90 bits per heavy atom. The first-order valence-corrected chi connectivity index (χ1v) is 11.5. The maximum Gasteiger partial charge on any atom is 0.315 e. The van der Waals surface area contributed by atoms with E-state index in [1.165, 1.54) is 0 Å². The smallest absolute Gasteiger partial charge is 0.315 e. The van der Waals surface area contributed by atoms with Gasteiger partial charge < -0.3 is 20.9 Å². The van der Waals surface area contributed by atoms with E-state index >= 15 is 0 Å². The van der Waals surface area contributed by atoms with Gasteiger partial charge >= 0.3 is 6.03 Å². The van der Waals surface area contributed by atoms with Crippen LogP contribution in [0.2, 0.25) is 0 Å². The predicted octanol–water partition coefficient (Wildman–Crippen LogP) is 3.10. The van der Waals surface area contributed by atoms with E-state index in [1.807, 2.05) is 36.0 Å². The first-order chi connectivity index (χ1) is 14.0. The van der Waals surface area contributed by atoms with Crippen LogP contribution < -0.4 is 16.0 Å². The fourth-order valence-electron chi connectivity index (χ4n) is 4.19. The molecule has 4 atom stereocenters. The minimum atomic E-state index is -0.124. The lowest BCUT2D eigenvalue weighted by molar-refractivity contribution is -0.122. The summed E-state index contributed by atoms with van der Waals surface area (Å²) >= 11 is 1.92. The Bertz CT molecular complexity index is 850. The van der Waals surface area contributed by atoms with Crippen LogP contribution in [-0.4, -0.2) is 45.0 Å². The summed E-state index contributed by atoms with van der Waals surface area (Å²) in [5, 5.41) is 9.60. The monoisotopic (exact) mass is 415 g/mol. The average molecular weight is 416 g/mol. The van der Waals surface area contributed by atoms with Gasteiger partial charge in [-0.2, -0.15) is 11.8 Å². The summed E-state index contributed by atoms with van der Waals surface area (Å²) in [7, 11) is 0. The van der Waals surface area contributed by atoms with Crippen LogP contribution in [0.5, 0.6) is 0 Å². The van der Waals surface area contributed by atoms with Crippen LogP contribution in [-0.2, 0) is 4.79 Å². The normalized spacial score (nSPS) is 24.4. The number of carbonyl (C=O) groups excluding carboxylic acids is 2. The Morgan fingerprint density at radius 2 is 2.10 bits per heavy atom. The number of amides is 3. The molecule has 3 heterocycles. The molecule has 0 bridgehead atoms. The second kappa shape index (κ2) is 8.65. The van der Waals surface area contributed by atoms with Gasteiger partial charge in [0.1, 0.15) is 5.82 Å². The third kappa shape index (κ3) is 4.52. The van der Waals surface area contributed by atoms with Crippen molar-refractivity contribution in [3.05, 3.63) is 30.1 Å². The van der Waals surface area contributed by atoms with Crippen molar-refractivity contribution in [1.82, 2.24) is 25.9 Å². The largest absolute Gasteiger partial charge is 0.346 e. The Balaban J connectivity index is 1.25. The molecule has 29 heavy (non-hydrogen) atoms. The Kier molecular flexibility index (Phi) is 5.99. The molecule has 0 radical (unpaired) electrons. The van der Waals surface area contributed by atoms with Crippen molar-refractivity contribution in [2.45, 2.75) is 62.9 Å². The third-order valence-electron chi connectivity index (χ3n) is 5.77. The highest BCUT2D eigenvalue weighted by atomic mass is 32.2. The molecule has 4 rings (SSSR count). The number of aromatic amines is 1. The van der Waals surface area contributed by atoms with E-state index in [1.54, 1.807) is 0 Å². The van der Waals surface area contributed by atoms with Gasteiger partial charge in [-0.25, -0.2) is 9.78 Å². The first kappa shape index (κ1) is 20.1. The number of para-hydroxylation sites is 2. The summed E-state index contributed by atoms with van der Waals surface area (Å²) in [5.41, 5.74) is 1.91. The van der Waals surface area contributed by atoms with Gasteiger partial charge in [0.15, 0.2) is 0 Å². The molecule has 2 aromatic rings. The molecule has 2 aliphatic rings. The van der Waals surface area contributed by atoms with Crippen LogP contribution in [0.4, 0.5) is 4.79 Å². The Hall–Kier alpha value is -2.22. The highest BCUT2D eigenvalue weighted by Crippen LogP contribution is 2.33. The number of thioether (sulfide) groups is 1. The molecule has 4 N–H and O–H groups in total. The van der Waals surface area contributed by atoms with Crippen molar-refractivity contribution < 1.29 is 9.59 Å². The van der Waals surface area contributed by atoms with Crippen LogP contribution in [0, 0.1) is 5.92 Å². The van der Waals surface area contributed by atoms with Gasteiger partial charge in [-0.15, -0.1) is 0 Å². The molecule has 2 saturated heterocycles. The van der Waals surface area contributed by atoms with Crippen molar-refractivity contribution in [3.8, 4) is 0 Å². The summed E-state index contributed by atoms with van der Waals surface area (Å²) < 4.78 is 0. The van der Waals surface area contributed by atoms with Crippen molar-refractivity contribution >= 4 is 34.7 Å².